The lowest BCUT2D eigenvalue weighted by Crippen LogP contribution is -2.25. The SMILES string of the molecule is CCN(CCC(=O)OC)Cc1ccco1. The van der Waals surface area contributed by atoms with Crippen LogP contribution in [0.4, 0.5) is 0 Å². The molecule has 0 saturated heterocycles. The Morgan fingerprint density at radius 2 is 2.40 bits per heavy atom. The molecule has 0 aliphatic rings. The third-order valence-corrected chi connectivity index (χ3v) is 2.27. The van der Waals surface area contributed by atoms with Gasteiger partial charge in [-0.2, -0.15) is 0 Å². The summed E-state index contributed by atoms with van der Waals surface area (Å²) < 4.78 is 9.83. The number of carbonyl (C=O) groups is 1. The molecule has 0 amide bonds. The Morgan fingerprint density at radius 1 is 1.60 bits per heavy atom. The van der Waals surface area contributed by atoms with Crippen LogP contribution in [-0.4, -0.2) is 31.1 Å². The molecule has 1 rings (SSSR count). The van der Waals surface area contributed by atoms with Crippen LogP contribution in [0.15, 0.2) is 22.8 Å². The van der Waals surface area contributed by atoms with Crippen molar-refractivity contribution in [3.8, 4) is 0 Å². The molecule has 15 heavy (non-hydrogen) atoms. The maximum atomic E-state index is 11.0. The Bertz CT molecular complexity index is 282. The predicted molar refractivity (Wildman–Crippen MR) is 56.3 cm³/mol. The molecule has 1 aromatic rings. The Hall–Kier alpha value is -1.29. The van der Waals surface area contributed by atoms with Crippen molar-refractivity contribution in [1.29, 1.82) is 0 Å². The van der Waals surface area contributed by atoms with Crippen molar-refractivity contribution in [2.45, 2.75) is 19.9 Å². The zero-order valence-electron chi connectivity index (χ0n) is 9.23. The van der Waals surface area contributed by atoms with Gasteiger partial charge >= 0.3 is 5.97 Å². The van der Waals surface area contributed by atoms with Crippen molar-refractivity contribution in [1.82, 2.24) is 4.90 Å². The lowest BCUT2D eigenvalue weighted by molar-refractivity contribution is -0.141. The Morgan fingerprint density at radius 3 is 2.93 bits per heavy atom. The quantitative estimate of drug-likeness (QED) is 0.671. The maximum Gasteiger partial charge on any atom is 0.306 e. The fourth-order valence-electron chi connectivity index (χ4n) is 1.32. The van der Waals surface area contributed by atoms with Gasteiger partial charge in [0.15, 0.2) is 0 Å². The van der Waals surface area contributed by atoms with Gasteiger partial charge in [0, 0.05) is 6.54 Å². The first-order valence-electron chi connectivity index (χ1n) is 5.07. The number of carbonyl (C=O) groups excluding carboxylic acids is 1. The monoisotopic (exact) mass is 211 g/mol. The van der Waals surface area contributed by atoms with Crippen LogP contribution in [0, 0.1) is 0 Å². The molecule has 0 fully saturated rings. The van der Waals surface area contributed by atoms with Crippen molar-refractivity contribution in [3.05, 3.63) is 24.2 Å². The highest BCUT2D eigenvalue weighted by atomic mass is 16.5. The second-order valence-corrected chi connectivity index (χ2v) is 3.27. The van der Waals surface area contributed by atoms with E-state index in [1.165, 1.54) is 7.11 Å². The van der Waals surface area contributed by atoms with E-state index in [1.807, 2.05) is 12.1 Å². The number of hydrogen-bond acceptors (Lipinski definition) is 4. The van der Waals surface area contributed by atoms with E-state index in [9.17, 15) is 4.79 Å². The summed E-state index contributed by atoms with van der Waals surface area (Å²) in [6, 6.07) is 3.80. The minimum Gasteiger partial charge on any atom is -0.469 e. The first kappa shape index (κ1) is 11.8. The summed E-state index contributed by atoms with van der Waals surface area (Å²) in [5, 5.41) is 0. The van der Waals surface area contributed by atoms with Crippen molar-refractivity contribution in [3.63, 3.8) is 0 Å². The molecular formula is C11H17NO3. The highest BCUT2D eigenvalue weighted by Gasteiger charge is 2.08. The van der Waals surface area contributed by atoms with Gasteiger partial charge in [0.1, 0.15) is 5.76 Å². The largest absolute Gasteiger partial charge is 0.469 e. The minimum atomic E-state index is -0.173. The van der Waals surface area contributed by atoms with E-state index in [2.05, 4.69) is 16.6 Å². The molecule has 0 atom stereocenters. The second-order valence-electron chi connectivity index (χ2n) is 3.27. The number of nitrogens with zero attached hydrogens (tertiary/aromatic N) is 1. The summed E-state index contributed by atoms with van der Waals surface area (Å²) in [5.74, 6) is 0.745. The molecule has 1 aromatic heterocycles. The van der Waals surface area contributed by atoms with Crippen molar-refractivity contribution in [2.24, 2.45) is 0 Å². The molecular weight excluding hydrogens is 194 g/mol. The van der Waals surface area contributed by atoms with Crippen LogP contribution in [0.2, 0.25) is 0 Å². The summed E-state index contributed by atoms with van der Waals surface area (Å²) in [4.78, 5) is 13.1. The molecule has 0 bridgehead atoms. The molecule has 0 saturated carbocycles. The van der Waals surface area contributed by atoms with Crippen LogP contribution < -0.4 is 0 Å². The Kier molecular flexibility index (Phi) is 4.90. The van der Waals surface area contributed by atoms with Gasteiger partial charge in [0.05, 0.1) is 26.3 Å². The topological polar surface area (TPSA) is 42.7 Å². The Balaban J connectivity index is 2.33. The van der Waals surface area contributed by atoms with Crippen LogP contribution >= 0.6 is 0 Å². The molecule has 0 spiro atoms. The fourth-order valence-corrected chi connectivity index (χ4v) is 1.32. The summed E-state index contributed by atoms with van der Waals surface area (Å²) in [6.07, 6.45) is 2.08. The van der Waals surface area contributed by atoms with Gasteiger partial charge in [0.2, 0.25) is 0 Å². The van der Waals surface area contributed by atoms with E-state index in [0.717, 1.165) is 18.8 Å². The highest BCUT2D eigenvalue weighted by molar-refractivity contribution is 5.69. The molecule has 4 nitrogen and oxygen atoms in total. The summed E-state index contributed by atoms with van der Waals surface area (Å²) in [6.45, 7) is 4.38. The van der Waals surface area contributed by atoms with Crippen LogP contribution in [0.1, 0.15) is 19.1 Å². The van der Waals surface area contributed by atoms with Crippen molar-refractivity contribution >= 4 is 5.97 Å². The molecule has 0 aromatic carbocycles. The van der Waals surface area contributed by atoms with Gasteiger partial charge in [-0.3, -0.25) is 9.69 Å². The van der Waals surface area contributed by atoms with E-state index in [1.54, 1.807) is 6.26 Å². The summed E-state index contributed by atoms with van der Waals surface area (Å²) in [7, 11) is 1.41. The second kappa shape index (κ2) is 6.24. The number of esters is 1. The van der Waals surface area contributed by atoms with Crippen molar-refractivity contribution in [2.75, 3.05) is 20.2 Å². The van der Waals surface area contributed by atoms with Crippen LogP contribution in [0.25, 0.3) is 0 Å². The summed E-state index contributed by atoms with van der Waals surface area (Å²) in [5.41, 5.74) is 0. The van der Waals surface area contributed by atoms with E-state index in [4.69, 9.17) is 4.42 Å². The fraction of sp³-hybridized carbons (Fsp3) is 0.545. The van der Waals surface area contributed by atoms with Gasteiger partial charge in [0.25, 0.3) is 0 Å². The zero-order valence-corrected chi connectivity index (χ0v) is 9.23. The zero-order chi connectivity index (χ0) is 11.1. The smallest absolute Gasteiger partial charge is 0.306 e. The third-order valence-electron chi connectivity index (χ3n) is 2.27. The lowest BCUT2D eigenvalue weighted by atomic mass is 10.3. The molecule has 84 valence electrons. The van der Waals surface area contributed by atoms with Gasteiger partial charge in [-0.1, -0.05) is 6.92 Å². The standard InChI is InChI=1S/C11H17NO3/c1-3-12(7-6-11(13)14-2)9-10-5-4-8-15-10/h4-5,8H,3,6-7,9H2,1-2H3. The maximum absolute atomic E-state index is 11.0. The van der Waals surface area contributed by atoms with E-state index < -0.39 is 0 Å². The van der Waals surface area contributed by atoms with Gasteiger partial charge in [-0.15, -0.1) is 0 Å². The normalized spacial score (nSPS) is 10.6. The van der Waals surface area contributed by atoms with E-state index in [0.29, 0.717) is 13.0 Å². The minimum absolute atomic E-state index is 0.173. The molecule has 0 radical (unpaired) electrons. The molecule has 1 heterocycles. The van der Waals surface area contributed by atoms with Gasteiger partial charge in [-0.05, 0) is 18.7 Å². The number of hydrogen-bond donors (Lipinski definition) is 0. The van der Waals surface area contributed by atoms with Crippen LogP contribution in [0.5, 0.6) is 0 Å². The molecule has 0 aliphatic heterocycles. The molecule has 4 heteroatoms. The number of furan rings is 1. The Labute approximate surface area is 89.8 Å². The molecule has 0 aliphatic carbocycles. The number of rotatable bonds is 6. The van der Waals surface area contributed by atoms with Gasteiger partial charge < -0.3 is 9.15 Å². The summed E-state index contributed by atoms with van der Waals surface area (Å²) >= 11 is 0. The average Bonchev–Trinajstić information content (AvgIpc) is 2.76. The third kappa shape index (κ3) is 4.16. The first-order valence-corrected chi connectivity index (χ1v) is 5.07. The van der Waals surface area contributed by atoms with E-state index in [-0.39, 0.29) is 5.97 Å². The lowest BCUT2D eigenvalue weighted by Gasteiger charge is -2.17. The first-order chi connectivity index (χ1) is 7.26. The number of methoxy groups -OCH3 is 1. The molecule has 0 unspecified atom stereocenters. The molecule has 0 N–H and O–H groups in total. The van der Waals surface area contributed by atoms with Crippen LogP contribution in [0.3, 0.4) is 0 Å². The number of ether oxygens (including phenoxy) is 1. The predicted octanol–water partition coefficient (Wildman–Crippen LogP) is 1.66. The van der Waals surface area contributed by atoms with Crippen LogP contribution in [-0.2, 0) is 16.1 Å². The van der Waals surface area contributed by atoms with E-state index >= 15 is 0 Å². The average molecular weight is 211 g/mol. The van der Waals surface area contributed by atoms with Gasteiger partial charge in [-0.25, -0.2) is 0 Å². The van der Waals surface area contributed by atoms with Crippen molar-refractivity contribution < 1.29 is 13.9 Å². The highest BCUT2D eigenvalue weighted by Crippen LogP contribution is 2.05.